The van der Waals surface area contributed by atoms with Gasteiger partial charge < -0.3 is 20.1 Å². The van der Waals surface area contributed by atoms with Gasteiger partial charge >= 0.3 is 0 Å². The van der Waals surface area contributed by atoms with Gasteiger partial charge in [0.2, 0.25) is 0 Å². The van der Waals surface area contributed by atoms with Gasteiger partial charge in [-0.15, -0.1) is 0 Å². The maximum absolute atomic E-state index is 13.4. The molecule has 2 aromatic rings. The lowest BCUT2D eigenvalue weighted by Crippen LogP contribution is -2.39. The summed E-state index contributed by atoms with van der Waals surface area (Å²) in [6.07, 6.45) is 1.88. The van der Waals surface area contributed by atoms with Gasteiger partial charge in [-0.3, -0.25) is 9.59 Å². The summed E-state index contributed by atoms with van der Waals surface area (Å²) in [7, 11) is 0. The number of allylic oxidation sites excluding steroid dienone is 1. The fraction of sp³-hybridized carbons (Fsp3) is 0.273. The van der Waals surface area contributed by atoms with Crippen LogP contribution in [0.3, 0.4) is 0 Å². The second kappa shape index (κ2) is 8.96. The minimum Gasteiger partial charge on any atom is -0.484 e. The molecule has 1 unspecified atom stereocenters. The van der Waals surface area contributed by atoms with E-state index in [2.05, 4.69) is 10.6 Å². The van der Waals surface area contributed by atoms with Crippen LogP contribution in [0.5, 0.6) is 11.5 Å². The van der Waals surface area contributed by atoms with Crippen molar-refractivity contribution in [3.05, 3.63) is 69.3 Å². The molecule has 0 heterocycles. The number of benzene rings is 2. The number of nitrogens with one attached hydrogen (secondary N) is 2. The van der Waals surface area contributed by atoms with Crippen molar-refractivity contribution >= 4 is 35.0 Å². The Bertz CT molecular complexity index is 1130. The van der Waals surface area contributed by atoms with E-state index < -0.39 is 17.2 Å². The fourth-order valence-corrected chi connectivity index (χ4v) is 3.88. The second-order valence-corrected chi connectivity index (χ2v) is 8.36. The third-order valence-electron chi connectivity index (χ3n) is 5.29. The second-order valence-electron chi connectivity index (χ2n) is 7.54. The number of halogens is 4. The Hall–Kier alpha value is -2.84. The predicted octanol–water partition coefficient (Wildman–Crippen LogP) is 4.15. The van der Waals surface area contributed by atoms with Gasteiger partial charge in [0.15, 0.2) is 13.2 Å². The van der Waals surface area contributed by atoms with Crippen LogP contribution in [0.1, 0.15) is 19.3 Å². The monoisotopic (exact) mass is 482 g/mol. The fourth-order valence-electron chi connectivity index (χ4n) is 3.64. The van der Waals surface area contributed by atoms with E-state index in [0.29, 0.717) is 19.3 Å². The molecule has 2 aliphatic rings. The molecule has 0 radical (unpaired) electrons. The molecule has 0 aliphatic heterocycles. The molecule has 0 spiro atoms. The van der Waals surface area contributed by atoms with Crippen LogP contribution in [0.15, 0.2) is 47.7 Å². The molecule has 10 heteroatoms. The van der Waals surface area contributed by atoms with E-state index in [1.807, 2.05) is 0 Å². The number of rotatable bonds is 8. The first-order valence-corrected chi connectivity index (χ1v) is 10.5. The summed E-state index contributed by atoms with van der Waals surface area (Å²) in [5, 5.41) is 5.65. The van der Waals surface area contributed by atoms with Crippen molar-refractivity contribution in [3.8, 4) is 11.5 Å². The van der Waals surface area contributed by atoms with E-state index in [1.165, 1.54) is 24.3 Å². The summed E-state index contributed by atoms with van der Waals surface area (Å²) in [4.78, 5) is 24.5. The topological polar surface area (TPSA) is 76.7 Å². The van der Waals surface area contributed by atoms with Crippen molar-refractivity contribution in [2.45, 2.75) is 24.8 Å². The molecule has 32 heavy (non-hydrogen) atoms. The van der Waals surface area contributed by atoms with Gasteiger partial charge in [-0.2, -0.15) is 0 Å². The molecule has 0 saturated heterocycles. The Morgan fingerprint density at radius 1 is 0.938 bits per heavy atom. The van der Waals surface area contributed by atoms with Crippen LogP contribution in [0, 0.1) is 11.6 Å². The number of carbonyl (C=O) groups excluding carboxylic acids is 2. The Balaban J connectivity index is 1.25. The van der Waals surface area contributed by atoms with Crippen LogP contribution in [0.4, 0.5) is 8.78 Å². The molecule has 2 N–H and O–H groups in total. The molecule has 2 aliphatic carbocycles. The lowest BCUT2D eigenvalue weighted by Gasteiger charge is -2.14. The predicted molar refractivity (Wildman–Crippen MR) is 114 cm³/mol. The maximum atomic E-state index is 13.4. The van der Waals surface area contributed by atoms with Crippen LogP contribution in [0.25, 0.3) is 0 Å². The summed E-state index contributed by atoms with van der Waals surface area (Å²) in [6.45, 7) is -0.564. The van der Waals surface area contributed by atoms with Gasteiger partial charge in [-0.1, -0.05) is 23.2 Å². The number of ether oxygens (including phenoxy) is 2. The van der Waals surface area contributed by atoms with E-state index in [9.17, 15) is 18.4 Å². The molecule has 168 valence electrons. The molecular weight excluding hydrogens is 465 g/mol. The normalized spacial score (nSPS) is 18.8. The number of hydrogen-bond acceptors (Lipinski definition) is 4. The van der Waals surface area contributed by atoms with Crippen molar-refractivity contribution in [2.75, 3.05) is 13.2 Å². The average molecular weight is 483 g/mol. The highest BCUT2D eigenvalue weighted by Crippen LogP contribution is 2.54. The zero-order valence-corrected chi connectivity index (χ0v) is 18.2. The van der Waals surface area contributed by atoms with Crippen LogP contribution >= 0.6 is 23.2 Å². The molecule has 4 rings (SSSR count). The van der Waals surface area contributed by atoms with Gasteiger partial charge in [0, 0.05) is 17.8 Å². The van der Waals surface area contributed by atoms with E-state index in [4.69, 9.17) is 32.7 Å². The van der Waals surface area contributed by atoms with Crippen molar-refractivity contribution in [1.82, 2.24) is 10.6 Å². The van der Waals surface area contributed by atoms with Gasteiger partial charge in [0.25, 0.3) is 11.8 Å². The Kier molecular flexibility index (Phi) is 6.26. The number of fused-ring (bicyclic) bond motifs is 1. The lowest BCUT2D eigenvalue weighted by atomic mass is 10.2. The summed E-state index contributed by atoms with van der Waals surface area (Å²) in [5.74, 6) is -1.60. The van der Waals surface area contributed by atoms with E-state index >= 15 is 0 Å². The minimum atomic E-state index is -0.631. The van der Waals surface area contributed by atoms with E-state index in [-0.39, 0.29) is 46.6 Å². The number of amides is 2. The van der Waals surface area contributed by atoms with Crippen LogP contribution < -0.4 is 20.1 Å². The Labute approximate surface area is 192 Å². The average Bonchev–Trinajstić information content (AvgIpc) is 3.37. The zero-order chi connectivity index (χ0) is 22.9. The minimum absolute atomic E-state index is 0.0280. The van der Waals surface area contributed by atoms with Crippen molar-refractivity contribution in [2.24, 2.45) is 0 Å². The van der Waals surface area contributed by atoms with Crippen molar-refractivity contribution in [1.29, 1.82) is 0 Å². The van der Waals surface area contributed by atoms with Gasteiger partial charge in [0.1, 0.15) is 23.1 Å². The van der Waals surface area contributed by atoms with Gasteiger partial charge in [-0.05, 0) is 49.1 Å². The van der Waals surface area contributed by atoms with Gasteiger partial charge in [-0.25, -0.2) is 8.78 Å². The maximum Gasteiger partial charge on any atom is 0.262 e. The van der Waals surface area contributed by atoms with Gasteiger partial charge in [0.05, 0.1) is 15.6 Å². The molecule has 2 aromatic carbocycles. The molecule has 1 saturated carbocycles. The zero-order valence-electron chi connectivity index (χ0n) is 16.6. The molecular formula is C22H18Cl2F2N2O4. The third kappa shape index (κ3) is 4.97. The first-order chi connectivity index (χ1) is 15.3. The SMILES string of the molecule is O=C(COc1ccc(Cl)c(F)c1)NC1=C2CC2(NC(=O)COc2ccc(Cl)c(F)c2)CC1. The molecule has 0 aromatic heterocycles. The summed E-state index contributed by atoms with van der Waals surface area (Å²) >= 11 is 11.2. The summed E-state index contributed by atoms with van der Waals surface area (Å²) in [5.41, 5.74) is 1.23. The highest BCUT2D eigenvalue weighted by Gasteiger charge is 2.55. The summed E-state index contributed by atoms with van der Waals surface area (Å²) < 4.78 is 37.5. The molecule has 2 amide bonds. The van der Waals surface area contributed by atoms with Crippen molar-refractivity contribution < 1.29 is 27.8 Å². The molecule has 6 nitrogen and oxygen atoms in total. The first kappa shape index (κ1) is 22.4. The molecule has 1 fully saturated rings. The third-order valence-corrected chi connectivity index (χ3v) is 5.90. The van der Waals surface area contributed by atoms with Crippen LogP contribution in [0.2, 0.25) is 10.0 Å². The van der Waals surface area contributed by atoms with Crippen LogP contribution in [-0.4, -0.2) is 30.6 Å². The van der Waals surface area contributed by atoms with E-state index in [1.54, 1.807) is 0 Å². The standard InChI is InChI=1S/C22H18Cl2F2N2O4/c23-15-3-1-12(7-17(15)25)31-10-20(29)27-19-5-6-22(9-14(19)22)28-21(30)11-32-13-2-4-16(24)18(26)8-13/h1-4,7-8H,5-6,9-11H2,(H,27,29)(H,28,30). The number of carbonyl (C=O) groups is 2. The van der Waals surface area contributed by atoms with Crippen molar-refractivity contribution in [3.63, 3.8) is 0 Å². The Morgan fingerprint density at radius 2 is 1.50 bits per heavy atom. The Morgan fingerprint density at radius 3 is 2.03 bits per heavy atom. The lowest BCUT2D eigenvalue weighted by molar-refractivity contribution is -0.124. The quantitative estimate of drug-likeness (QED) is 0.592. The molecule has 0 bridgehead atoms. The highest BCUT2D eigenvalue weighted by atomic mass is 35.5. The number of hydrogen-bond donors (Lipinski definition) is 2. The highest BCUT2D eigenvalue weighted by molar-refractivity contribution is 6.31. The van der Waals surface area contributed by atoms with Crippen LogP contribution in [-0.2, 0) is 9.59 Å². The van der Waals surface area contributed by atoms with E-state index in [0.717, 1.165) is 23.4 Å². The molecule has 1 atom stereocenters. The summed E-state index contributed by atoms with van der Waals surface area (Å²) in [6, 6.07) is 7.86. The smallest absolute Gasteiger partial charge is 0.262 e. The first-order valence-electron chi connectivity index (χ1n) is 9.75. The largest absolute Gasteiger partial charge is 0.484 e.